The molecule has 31 heavy (non-hydrogen) atoms. The highest BCUT2D eigenvalue weighted by atomic mass is 35.5. The normalized spacial score (nSPS) is 11.2. The van der Waals surface area contributed by atoms with Gasteiger partial charge in [0.1, 0.15) is 12.1 Å². The van der Waals surface area contributed by atoms with E-state index in [1.54, 1.807) is 18.2 Å². The summed E-state index contributed by atoms with van der Waals surface area (Å²) in [5, 5.41) is 17.0. The molecule has 0 atom stereocenters. The number of aryl methyl sites for hydroxylation is 1. The van der Waals surface area contributed by atoms with Gasteiger partial charge in [-0.25, -0.2) is 9.97 Å². The van der Waals surface area contributed by atoms with E-state index in [4.69, 9.17) is 16.3 Å². The maximum Gasteiger partial charge on any atom is 0.416 e. The van der Waals surface area contributed by atoms with Crippen LogP contribution in [0.5, 0.6) is 5.75 Å². The topological polar surface area (TPSA) is 102 Å². The molecule has 0 unspecified atom stereocenters. The van der Waals surface area contributed by atoms with Gasteiger partial charge in [0.05, 0.1) is 34.0 Å². The highest BCUT2D eigenvalue weighted by Crippen LogP contribution is 2.39. The SMILES string of the molecule is COc1ccc(C)cc1Nc1ncnc(Nc2cc(C(F)(F)F)ccc2Cl)c1[N+](=O)[O-]. The molecule has 0 spiro atoms. The van der Waals surface area contributed by atoms with E-state index in [0.717, 1.165) is 30.1 Å². The first-order valence-corrected chi connectivity index (χ1v) is 9.02. The second kappa shape index (κ2) is 8.64. The van der Waals surface area contributed by atoms with Crippen LogP contribution < -0.4 is 15.4 Å². The number of rotatable bonds is 6. The highest BCUT2D eigenvalue weighted by molar-refractivity contribution is 6.33. The number of methoxy groups -OCH3 is 1. The van der Waals surface area contributed by atoms with Gasteiger partial charge in [0, 0.05) is 0 Å². The van der Waals surface area contributed by atoms with Crippen molar-refractivity contribution in [2.45, 2.75) is 13.1 Å². The molecule has 0 aliphatic carbocycles. The van der Waals surface area contributed by atoms with Gasteiger partial charge < -0.3 is 15.4 Å². The van der Waals surface area contributed by atoms with E-state index >= 15 is 0 Å². The monoisotopic (exact) mass is 453 g/mol. The van der Waals surface area contributed by atoms with Crippen molar-refractivity contribution >= 4 is 40.3 Å². The summed E-state index contributed by atoms with van der Waals surface area (Å²) >= 11 is 5.98. The fraction of sp³-hybridized carbons (Fsp3) is 0.158. The summed E-state index contributed by atoms with van der Waals surface area (Å²) in [6, 6.07) is 7.75. The van der Waals surface area contributed by atoms with Crippen molar-refractivity contribution in [3.8, 4) is 5.75 Å². The number of aromatic nitrogens is 2. The Labute approximate surface area is 179 Å². The van der Waals surface area contributed by atoms with Gasteiger partial charge in [-0.3, -0.25) is 10.1 Å². The van der Waals surface area contributed by atoms with Crippen molar-refractivity contribution in [1.82, 2.24) is 9.97 Å². The Bertz CT molecular complexity index is 1140. The summed E-state index contributed by atoms with van der Waals surface area (Å²) in [5.41, 5.74) is -0.489. The van der Waals surface area contributed by atoms with Crippen molar-refractivity contribution in [3.05, 3.63) is 69.0 Å². The molecule has 12 heteroatoms. The predicted molar refractivity (Wildman–Crippen MR) is 109 cm³/mol. The lowest BCUT2D eigenvalue weighted by Gasteiger charge is -2.14. The van der Waals surface area contributed by atoms with E-state index in [1.807, 2.05) is 6.92 Å². The number of alkyl halides is 3. The number of anilines is 4. The van der Waals surface area contributed by atoms with Gasteiger partial charge in [-0.05, 0) is 42.8 Å². The number of benzene rings is 2. The number of nitrogens with one attached hydrogen (secondary N) is 2. The van der Waals surface area contributed by atoms with Gasteiger partial charge in [0.15, 0.2) is 0 Å². The summed E-state index contributed by atoms with van der Waals surface area (Å²) in [6.07, 6.45) is -3.59. The van der Waals surface area contributed by atoms with Crippen LogP contribution in [0.25, 0.3) is 0 Å². The molecule has 3 aromatic rings. The summed E-state index contributed by atoms with van der Waals surface area (Å²) < 4.78 is 44.3. The first-order valence-electron chi connectivity index (χ1n) is 8.65. The first-order chi connectivity index (χ1) is 14.6. The van der Waals surface area contributed by atoms with Gasteiger partial charge in [0.2, 0.25) is 11.6 Å². The van der Waals surface area contributed by atoms with E-state index in [2.05, 4.69) is 20.6 Å². The highest BCUT2D eigenvalue weighted by Gasteiger charge is 2.31. The van der Waals surface area contributed by atoms with Crippen LogP contribution in [0.4, 0.5) is 41.9 Å². The number of ether oxygens (including phenoxy) is 1. The first kappa shape index (κ1) is 22.1. The zero-order valence-electron chi connectivity index (χ0n) is 16.1. The second-order valence-corrected chi connectivity index (χ2v) is 6.73. The van der Waals surface area contributed by atoms with Gasteiger partial charge in [-0.15, -0.1) is 0 Å². The molecule has 1 aromatic heterocycles. The fourth-order valence-electron chi connectivity index (χ4n) is 2.71. The average Bonchev–Trinajstić information content (AvgIpc) is 2.69. The van der Waals surface area contributed by atoms with Crippen LogP contribution in [-0.2, 0) is 6.18 Å². The maximum atomic E-state index is 13.0. The number of hydrogen-bond donors (Lipinski definition) is 2. The molecule has 0 aliphatic heterocycles. The Hall–Kier alpha value is -3.60. The molecule has 0 radical (unpaired) electrons. The molecule has 0 fully saturated rings. The van der Waals surface area contributed by atoms with E-state index in [1.165, 1.54) is 7.11 Å². The third kappa shape index (κ3) is 4.94. The molecule has 162 valence electrons. The zero-order chi connectivity index (χ0) is 22.8. The van der Waals surface area contributed by atoms with Gasteiger partial charge in [-0.1, -0.05) is 17.7 Å². The Morgan fingerprint density at radius 1 is 1.06 bits per heavy atom. The molecule has 0 saturated heterocycles. The number of nitrogens with zero attached hydrogens (tertiary/aromatic N) is 3. The Kier molecular flexibility index (Phi) is 6.16. The lowest BCUT2D eigenvalue weighted by molar-refractivity contribution is -0.383. The summed E-state index contributed by atoms with van der Waals surface area (Å²) in [6.45, 7) is 1.82. The van der Waals surface area contributed by atoms with Crippen LogP contribution in [0.2, 0.25) is 5.02 Å². The van der Waals surface area contributed by atoms with Gasteiger partial charge in [-0.2, -0.15) is 13.2 Å². The van der Waals surface area contributed by atoms with E-state index < -0.39 is 22.4 Å². The van der Waals surface area contributed by atoms with Crippen LogP contribution in [-0.4, -0.2) is 22.0 Å². The standard InChI is InChI=1S/C19H15ClF3N5O3/c1-10-3-6-15(31-2)14(7-10)27-18-16(28(29)30)17(24-9-25-18)26-13-8-11(19(21,22)23)4-5-12(13)20/h3-9H,1-2H3,(H2,24,25,26,27). The zero-order valence-corrected chi connectivity index (χ0v) is 16.9. The molecule has 2 N–H and O–H groups in total. The maximum absolute atomic E-state index is 13.0. The number of hydrogen-bond acceptors (Lipinski definition) is 7. The van der Waals surface area contributed by atoms with E-state index in [-0.39, 0.29) is 22.3 Å². The molecular weight excluding hydrogens is 439 g/mol. The lowest BCUT2D eigenvalue weighted by Crippen LogP contribution is -2.08. The van der Waals surface area contributed by atoms with Crippen molar-refractivity contribution in [2.24, 2.45) is 0 Å². The average molecular weight is 454 g/mol. The molecule has 8 nitrogen and oxygen atoms in total. The molecule has 3 rings (SSSR count). The van der Waals surface area contributed by atoms with Gasteiger partial charge >= 0.3 is 11.9 Å². The molecule has 0 amide bonds. The third-order valence-electron chi connectivity index (χ3n) is 4.16. The van der Waals surface area contributed by atoms with Crippen molar-refractivity contribution in [1.29, 1.82) is 0 Å². The predicted octanol–water partition coefficient (Wildman–Crippen LogP) is 5.86. The van der Waals surface area contributed by atoms with Crippen molar-refractivity contribution in [2.75, 3.05) is 17.7 Å². The molecule has 2 aromatic carbocycles. The van der Waals surface area contributed by atoms with Crippen molar-refractivity contribution < 1.29 is 22.8 Å². The van der Waals surface area contributed by atoms with Crippen LogP contribution in [0.3, 0.4) is 0 Å². The Balaban J connectivity index is 2.05. The lowest BCUT2D eigenvalue weighted by atomic mass is 10.2. The smallest absolute Gasteiger partial charge is 0.416 e. The summed E-state index contributed by atoms with van der Waals surface area (Å²) in [7, 11) is 1.44. The quantitative estimate of drug-likeness (QED) is 0.356. The van der Waals surface area contributed by atoms with Crippen LogP contribution in [0.1, 0.15) is 11.1 Å². The van der Waals surface area contributed by atoms with Crippen molar-refractivity contribution in [3.63, 3.8) is 0 Å². The van der Waals surface area contributed by atoms with Crippen LogP contribution >= 0.6 is 11.6 Å². The minimum atomic E-state index is -4.62. The summed E-state index contributed by atoms with van der Waals surface area (Å²) in [5.74, 6) is -0.112. The van der Waals surface area contributed by atoms with Crippen LogP contribution in [0.15, 0.2) is 42.7 Å². The molecule has 0 saturated carbocycles. The molecule has 1 heterocycles. The van der Waals surface area contributed by atoms with E-state index in [0.29, 0.717) is 11.4 Å². The minimum absolute atomic E-state index is 0.0734. The van der Waals surface area contributed by atoms with Gasteiger partial charge in [0.25, 0.3) is 0 Å². The number of nitro groups is 1. The largest absolute Gasteiger partial charge is 0.495 e. The second-order valence-electron chi connectivity index (χ2n) is 6.32. The molecular formula is C19H15ClF3N5O3. The minimum Gasteiger partial charge on any atom is -0.495 e. The molecule has 0 bridgehead atoms. The molecule has 0 aliphatic rings. The number of halogens is 4. The summed E-state index contributed by atoms with van der Waals surface area (Å²) in [4.78, 5) is 18.7. The third-order valence-corrected chi connectivity index (χ3v) is 4.49. The fourth-order valence-corrected chi connectivity index (χ4v) is 2.87. The Morgan fingerprint density at radius 3 is 2.29 bits per heavy atom. The van der Waals surface area contributed by atoms with Crippen LogP contribution in [0, 0.1) is 17.0 Å². The Morgan fingerprint density at radius 2 is 1.71 bits per heavy atom. The van der Waals surface area contributed by atoms with E-state index in [9.17, 15) is 23.3 Å².